The summed E-state index contributed by atoms with van der Waals surface area (Å²) in [6, 6.07) is 23.2. The standard InChI is InChI=1S/C29H23NO/c1-19-13-14-21-18-22-8-6-7-20(29(22)31-28(21)17-19)15-16-23-24-9-2-4-11-26(24)30-27-12-5-3-10-25(23)27/h2-5,9-18H,6-8H2,1H3/b16-15+. The Morgan fingerprint density at radius 2 is 1.58 bits per heavy atom. The van der Waals surface area contributed by atoms with Gasteiger partial charge in [0.25, 0.3) is 0 Å². The minimum absolute atomic E-state index is 0.964. The van der Waals surface area contributed by atoms with Gasteiger partial charge in [-0.1, -0.05) is 60.7 Å². The van der Waals surface area contributed by atoms with Crippen LogP contribution in [0.5, 0.6) is 5.75 Å². The van der Waals surface area contributed by atoms with Gasteiger partial charge in [-0.15, -0.1) is 0 Å². The first kappa shape index (κ1) is 18.1. The van der Waals surface area contributed by atoms with Crippen molar-refractivity contribution in [2.45, 2.75) is 26.2 Å². The molecule has 0 N–H and O–H groups in total. The van der Waals surface area contributed by atoms with Crippen LogP contribution in [0.2, 0.25) is 0 Å². The predicted molar refractivity (Wildman–Crippen MR) is 129 cm³/mol. The zero-order chi connectivity index (χ0) is 20.8. The quantitative estimate of drug-likeness (QED) is 0.322. The summed E-state index contributed by atoms with van der Waals surface area (Å²) in [6.07, 6.45) is 10.1. The van der Waals surface area contributed by atoms with Crippen molar-refractivity contribution < 1.29 is 4.74 Å². The van der Waals surface area contributed by atoms with Crippen LogP contribution in [0, 0.1) is 6.92 Å². The average molecular weight is 402 g/mol. The Morgan fingerprint density at radius 1 is 0.839 bits per heavy atom. The Balaban J connectivity index is 1.50. The number of pyridine rings is 1. The van der Waals surface area contributed by atoms with E-state index >= 15 is 0 Å². The van der Waals surface area contributed by atoms with Gasteiger partial charge in [0.2, 0.25) is 0 Å². The fourth-order valence-corrected chi connectivity index (χ4v) is 4.71. The predicted octanol–water partition coefficient (Wildman–Crippen LogP) is 7.62. The van der Waals surface area contributed by atoms with Gasteiger partial charge in [-0.3, -0.25) is 0 Å². The molecule has 1 aliphatic heterocycles. The van der Waals surface area contributed by atoms with Crippen molar-refractivity contribution in [3.05, 3.63) is 106 Å². The smallest absolute Gasteiger partial charge is 0.134 e. The van der Waals surface area contributed by atoms with E-state index in [0.717, 1.165) is 41.8 Å². The van der Waals surface area contributed by atoms with Crippen molar-refractivity contribution in [3.63, 3.8) is 0 Å². The van der Waals surface area contributed by atoms with Gasteiger partial charge in [-0.05, 0) is 72.7 Å². The summed E-state index contributed by atoms with van der Waals surface area (Å²) in [7, 11) is 0. The van der Waals surface area contributed by atoms with Crippen molar-refractivity contribution in [1.29, 1.82) is 0 Å². The van der Waals surface area contributed by atoms with Crippen LogP contribution in [0.25, 0.3) is 34.0 Å². The molecule has 150 valence electrons. The molecule has 1 aliphatic carbocycles. The van der Waals surface area contributed by atoms with Crippen LogP contribution < -0.4 is 4.74 Å². The molecule has 0 atom stereocenters. The summed E-state index contributed by atoms with van der Waals surface area (Å²) in [4.78, 5) is 4.85. The SMILES string of the molecule is Cc1ccc2c(c1)OC1=C(/C=C/c3c4ccccc4nc4ccccc34)CCCC1=C2. The molecular formula is C29H23NO. The van der Waals surface area contributed by atoms with Crippen molar-refractivity contribution >= 4 is 34.0 Å². The maximum absolute atomic E-state index is 6.44. The molecule has 31 heavy (non-hydrogen) atoms. The number of rotatable bonds is 2. The second kappa shape index (κ2) is 7.24. The first-order valence-corrected chi connectivity index (χ1v) is 10.9. The molecule has 0 saturated heterocycles. The summed E-state index contributed by atoms with van der Waals surface area (Å²) in [5.74, 6) is 2.01. The highest BCUT2D eigenvalue weighted by Gasteiger charge is 2.23. The maximum Gasteiger partial charge on any atom is 0.134 e. The van der Waals surface area contributed by atoms with Crippen LogP contribution in [0.15, 0.2) is 89.7 Å². The topological polar surface area (TPSA) is 22.1 Å². The third kappa shape index (κ3) is 3.16. The number of para-hydroxylation sites is 2. The molecule has 0 radical (unpaired) electrons. The zero-order valence-electron chi connectivity index (χ0n) is 17.6. The molecule has 3 aromatic carbocycles. The highest BCUT2D eigenvalue weighted by molar-refractivity contribution is 6.02. The fourth-order valence-electron chi connectivity index (χ4n) is 4.71. The molecule has 0 spiro atoms. The molecule has 6 rings (SSSR count). The molecule has 0 saturated carbocycles. The number of benzene rings is 3. The van der Waals surface area contributed by atoms with E-state index in [4.69, 9.17) is 9.72 Å². The van der Waals surface area contributed by atoms with Crippen LogP contribution in [0.4, 0.5) is 0 Å². The Bertz CT molecular complexity index is 1380. The Labute approximate surface area is 182 Å². The van der Waals surface area contributed by atoms with Crippen molar-refractivity contribution in [3.8, 4) is 5.75 Å². The van der Waals surface area contributed by atoms with Gasteiger partial charge in [0.1, 0.15) is 11.5 Å². The molecule has 1 aromatic heterocycles. The van der Waals surface area contributed by atoms with Crippen molar-refractivity contribution in [2.75, 3.05) is 0 Å². The van der Waals surface area contributed by atoms with Gasteiger partial charge in [0.05, 0.1) is 11.0 Å². The van der Waals surface area contributed by atoms with E-state index in [0.29, 0.717) is 0 Å². The molecule has 4 aromatic rings. The minimum Gasteiger partial charge on any atom is -0.456 e. The monoisotopic (exact) mass is 401 g/mol. The van der Waals surface area contributed by atoms with Crippen LogP contribution >= 0.6 is 0 Å². The average Bonchev–Trinajstić information content (AvgIpc) is 2.80. The maximum atomic E-state index is 6.44. The third-order valence-electron chi connectivity index (χ3n) is 6.27. The fraction of sp³-hybridized carbons (Fsp3) is 0.138. The number of hydrogen-bond donors (Lipinski definition) is 0. The molecular weight excluding hydrogens is 378 g/mol. The largest absolute Gasteiger partial charge is 0.456 e. The van der Waals surface area contributed by atoms with Gasteiger partial charge in [-0.25, -0.2) is 4.98 Å². The van der Waals surface area contributed by atoms with Gasteiger partial charge >= 0.3 is 0 Å². The van der Waals surface area contributed by atoms with E-state index < -0.39 is 0 Å². The number of fused-ring (bicyclic) bond motifs is 4. The Kier molecular flexibility index (Phi) is 4.24. The molecule has 2 heterocycles. The normalized spacial score (nSPS) is 15.7. The van der Waals surface area contributed by atoms with E-state index in [9.17, 15) is 0 Å². The van der Waals surface area contributed by atoms with Crippen LogP contribution in [0.3, 0.4) is 0 Å². The van der Waals surface area contributed by atoms with Crippen LogP contribution in [-0.2, 0) is 0 Å². The van der Waals surface area contributed by atoms with Gasteiger partial charge in [-0.2, -0.15) is 0 Å². The number of hydrogen-bond acceptors (Lipinski definition) is 2. The molecule has 0 fully saturated rings. The number of ether oxygens (including phenoxy) is 1. The summed E-state index contributed by atoms with van der Waals surface area (Å²) >= 11 is 0. The van der Waals surface area contributed by atoms with Crippen molar-refractivity contribution in [2.24, 2.45) is 0 Å². The number of allylic oxidation sites excluding steroid dienone is 3. The highest BCUT2D eigenvalue weighted by Crippen LogP contribution is 2.40. The first-order chi connectivity index (χ1) is 15.3. The first-order valence-electron chi connectivity index (χ1n) is 10.9. The summed E-state index contributed by atoms with van der Waals surface area (Å²) < 4.78 is 6.44. The summed E-state index contributed by atoms with van der Waals surface area (Å²) in [5.41, 5.74) is 8.26. The van der Waals surface area contributed by atoms with E-state index in [1.54, 1.807) is 0 Å². The second-order valence-corrected chi connectivity index (χ2v) is 8.41. The Morgan fingerprint density at radius 3 is 2.35 bits per heavy atom. The van der Waals surface area contributed by atoms with Gasteiger partial charge < -0.3 is 4.74 Å². The lowest BCUT2D eigenvalue weighted by Crippen LogP contribution is -2.12. The highest BCUT2D eigenvalue weighted by atomic mass is 16.5. The van der Waals surface area contributed by atoms with Gasteiger partial charge in [0.15, 0.2) is 0 Å². The van der Waals surface area contributed by atoms with E-state index in [2.05, 4.69) is 91.9 Å². The van der Waals surface area contributed by atoms with E-state index in [1.807, 2.05) is 0 Å². The number of aryl methyl sites for hydroxylation is 1. The van der Waals surface area contributed by atoms with Crippen LogP contribution in [-0.4, -0.2) is 4.98 Å². The number of nitrogens with zero attached hydrogens (tertiary/aromatic N) is 1. The summed E-state index contributed by atoms with van der Waals surface area (Å²) in [6.45, 7) is 2.11. The molecule has 2 aliphatic rings. The van der Waals surface area contributed by atoms with Crippen LogP contribution in [0.1, 0.15) is 36.0 Å². The minimum atomic E-state index is 0.964. The van der Waals surface area contributed by atoms with E-state index in [-0.39, 0.29) is 0 Å². The molecule has 0 bridgehead atoms. The molecule has 2 nitrogen and oxygen atoms in total. The Hall–Kier alpha value is -3.65. The molecule has 0 unspecified atom stereocenters. The van der Waals surface area contributed by atoms with E-state index in [1.165, 1.54) is 38.6 Å². The molecule has 2 heteroatoms. The van der Waals surface area contributed by atoms with Gasteiger partial charge in [0, 0.05) is 16.3 Å². The summed E-state index contributed by atoms with van der Waals surface area (Å²) in [5, 5.41) is 2.36. The number of aromatic nitrogens is 1. The third-order valence-corrected chi connectivity index (χ3v) is 6.27. The lowest BCUT2D eigenvalue weighted by atomic mass is 9.89. The molecule has 0 amide bonds. The second-order valence-electron chi connectivity index (χ2n) is 8.41. The lowest BCUT2D eigenvalue weighted by molar-refractivity contribution is 0.410. The zero-order valence-corrected chi connectivity index (χ0v) is 17.6. The lowest BCUT2D eigenvalue weighted by Gasteiger charge is -2.26. The van der Waals surface area contributed by atoms with Crippen molar-refractivity contribution in [1.82, 2.24) is 4.98 Å².